The molecule has 0 aliphatic carbocycles. The van der Waals surface area contributed by atoms with E-state index in [1.165, 1.54) is 13.3 Å². The first-order valence-electron chi connectivity index (χ1n) is 6.89. The molecule has 112 valence electrons. The predicted octanol–water partition coefficient (Wildman–Crippen LogP) is 0.514. The topological polar surface area (TPSA) is 66.5 Å². The molecule has 5 nitrogen and oxygen atoms in total. The van der Waals surface area contributed by atoms with Crippen LogP contribution in [0.25, 0.3) is 0 Å². The summed E-state index contributed by atoms with van der Waals surface area (Å²) < 4.78 is 22.5. The van der Waals surface area contributed by atoms with Crippen molar-refractivity contribution < 1.29 is 13.2 Å². The van der Waals surface area contributed by atoms with Crippen LogP contribution in [0.2, 0.25) is 0 Å². The normalized spacial score (nSPS) is 26.9. The van der Waals surface area contributed by atoms with Crippen molar-refractivity contribution in [2.24, 2.45) is 11.8 Å². The van der Waals surface area contributed by atoms with Crippen LogP contribution in [0.4, 0.5) is 0 Å². The fourth-order valence-corrected chi connectivity index (χ4v) is 3.12. The van der Waals surface area contributed by atoms with Gasteiger partial charge in [-0.15, -0.1) is 0 Å². The summed E-state index contributed by atoms with van der Waals surface area (Å²) in [5.41, 5.74) is 0. The van der Waals surface area contributed by atoms with Gasteiger partial charge in [-0.1, -0.05) is 13.8 Å². The maximum absolute atomic E-state index is 11.7. The smallest absolute Gasteiger partial charge is 0.238 e. The summed E-state index contributed by atoms with van der Waals surface area (Å²) in [6.45, 7) is 9.33. The van der Waals surface area contributed by atoms with Gasteiger partial charge in [-0.25, -0.2) is 8.42 Å². The molecule has 1 aliphatic heterocycles. The number of piperidine rings is 1. The van der Waals surface area contributed by atoms with Crippen LogP contribution in [-0.4, -0.2) is 56.9 Å². The minimum atomic E-state index is -3.30. The zero-order valence-electron chi connectivity index (χ0n) is 12.3. The van der Waals surface area contributed by atoms with Crippen molar-refractivity contribution >= 4 is 15.7 Å². The van der Waals surface area contributed by atoms with Crippen LogP contribution in [0, 0.1) is 11.8 Å². The number of amides is 1. The minimum absolute atomic E-state index is 0.402. The summed E-state index contributed by atoms with van der Waals surface area (Å²) in [5.74, 6) is 0.976. The summed E-state index contributed by atoms with van der Waals surface area (Å²) in [6, 6.07) is 0. The highest BCUT2D eigenvalue weighted by Crippen LogP contribution is 2.20. The molecule has 0 aromatic heterocycles. The van der Waals surface area contributed by atoms with E-state index >= 15 is 0 Å². The Kier molecular flexibility index (Phi) is 5.80. The van der Waals surface area contributed by atoms with Gasteiger partial charge in [0.25, 0.3) is 0 Å². The van der Waals surface area contributed by atoms with E-state index in [0.717, 1.165) is 25.9 Å². The van der Waals surface area contributed by atoms with Gasteiger partial charge in [-0.05, 0) is 25.2 Å². The van der Waals surface area contributed by atoms with Crippen molar-refractivity contribution in [3.05, 3.63) is 0 Å². The van der Waals surface area contributed by atoms with Crippen LogP contribution < -0.4 is 5.32 Å². The van der Waals surface area contributed by atoms with Crippen molar-refractivity contribution in [1.82, 2.24) is 10.2 Å². The van der Waals surface area contributed by atoms with Crippen LogP contribution in [0.15, 0.2) is 0 Å². The second kappa shape index (κ2) is 6.70. The van der Waals surface area contributed by atoms with Crippen molar-refractivity contribution in [1.29, 1.82) is 0 Å². The van der Waals surface area contributed by atoms with E-state index in [9.17, 15) is 13.2 Å². The molecule has 1 saturated heterocycles. The first kappa shape index (κ1) is 16.4. The Bertz CT molecular complexity index is 398. The molecule has 1 aliphatic rings. The first-order chi connectivity index (χ1) is 8.70. The number of rotatable bonds is 5. The van der Waals surface area contributed by atoms with E-state index in [0.29, 0.717) is 18.4 Å². The molecule has 0 saturated carbocycles. The molecular formula is C13H26N2O3S. The molecule has 1 heterocycles. The second-order valence-corrected chi connectivity index (χ2v) is 8.33. The Morgan fingerprint density at radius 1 is 1.32 bits per heavy atom. The Morgan fingerprint density at radius 3 is 2.32 bits per heavy atom. The molecule has 1 fully saturated rings. The van der Waals surface area contributed by atoms with Crippen LogP contribution in [0.3, 0.4) is 0 Å². The maximum atomic E-state index is 11.7. The number of nitrogens with zero attached hydrogens (tertiary/aromatic N) is 1. The third-order valence-electron chi connectivity index (χ3n) is 3.68. The maximum Gasteiger partial charge on any atom is 0.238 e. The van der Waals surface area contributed by atoms with Crippen LogP contribution in [0.1, 0.15) is 27.2 Å². The summed E-state index contributed by atoms with van der Waals surface area (Å²) in [7, 11) is -3.30. The number of carbonyl (C=O) groups is 1. The fourth-order valence-electron chi connectivity index (χ4n) is 2.65. The third-order valence-corrected chi connectivity index (χ3v) is 5.18. The molecule has 0 bridgehead atoms. The van der Waals surface area contributed by atoms with Crippen molar-refractivity contribution in [3.8, 4) is 0 Å². The number of hydrogen-bond donors (Lipinski definition) is 1. The largest absolute Gasteiger partial charge is 0.354 e. The molecule has 0 aromatic rings. The SMILES string of the molecule is CC1CC(C)CN(CCNC(=O)C(C)S(C)(=O)=O)C1. The van der Waals surface area contributed by atoms with Crippen molar-refractivity contribution in [2.75, 3.05) is 32.4 Å². The molecule has 3 atom stereocenters. The lowest BCUT2D eigenvalue weighted by molar-refractivity contribution is -0.120. The Balaban J connectivity index is 2.32. The monoisotopic (exact) mass is 290 g/mol. The molecule has 3 unspecified atom stereocenters. The molecule has 1 rings (SSSR count). The third kappa shape index (κ3) is 5.48. The van der Waals surface area contributed by atoms with Gasteiger partial charge < -0.3 is 10.2 Å². The first-order valence-corrected chi connectivity index (χ1v) is 8.84. The zero-order valence-corrected chi connectivity index (χ0v) is 13.2. The molecule has 6 heteroatoms. The average Bonchev–Trinajstić information content (AvgIpc) is 2.25. The van der Waals surface area contributed by atoms with Crippen molar-refractivity contribution in [3.63, 3.8) is 0 Å². The number of nitrogens with one attached hydrogen (secondary N) is 1. The highest BCUT2D eigenvalue weighted by molar-refractivity contribution is 7.92. The molecule has 1 N–H and O–H groups in total. The van der Waals surface area contributed by atoms with Gasteiger partial charge in [0.2, 0.25) is 5.91 Å². The predicted molar refractivity (Wildman–Crippen MR) is 76.7 cm³/mol. The molecule has 0 radical (unpaired) electrons. The number of hydrogen-bond acceptors (Lipinski definition) is 4. The van der Waals surface area contributed by atoms with E-state index < -0.39 is 21.0 Å². The highest BCUT2D eigenvalue weighted by Gasteiger charge is 2.24. The lowest BCUT2D eigenvalue weighted by Gasteiger charge is -2.34. The Labute approximate surface area is 116 Å². The number of likely N-dealkylation sites (tertiary alicyclic amines) is 1. The lowest BCUT2D eigenvalue weighted by atomic mass is 9.92. The van der Waals surface area contributed by atoms with Crippen LogP contribution >= 0.6 is 0 Å². The van der Waals surface area contributed by atoms with E-state index in [4.69, 9.17) is 0 Å². The molecular weight excluding hydrogens is 264 g/mol. The van der Waals surface area contributed by atoms with E-state index in [-0.39, 0.29) is 0 Å². The molecule has 0 spiro atoms. The van der Waals surface area contributed by atoms with Gasteiger partial charge in [-0.2, -0.15) is 0 Å². The molecule has 19 heavy (non-hydrogen) atoms. The highest BCUT2D eigenvalue weighted by atomic mass is 32.2. The lowest BCUT2D eigenvalue weighted by Crippen LogP contribution is -2.45. The summed E-state index contributed by atoms with van der Waals surface area (Å²) in [5, 5.41) is 1.74. The number of sulfone groups is 1. The molecule has 0 aromatic carbocycles. The van der Waals surface area contributed by atoms with Gasteiger partial charge in [0.1, 0.15) is 5.25 Å². The fraction of sp³-hybridized carbons (Fsp3) is 0.923. The summed E-state index contributed by atoms with van der Waals surface area (Å²) >= 11 is 0. The second-order valence-electron chi connectivity index (χ2n) is 5.97. The Hall–Kier alpha value is -0.620. The quantitative estimate of drug-likeness (QED) is 0.801. The van der Waals surface area contributed by atoms with E-state index in [1.54, 1.807) is 0 Å². The average molecular weight is 290 g/mol. The minimum Gasteiger partial charge on any atom is -0.354 e. The van der Waals surface area contributed by atoms with Crippen molar-refractivity contribution in [2.45, 2.75) is 32.4 Å². The van der Waals surface area contributed by atoms with Gasteiger partial charge in [0, 0.05) is 32.4 Å². The van der Waals surface area contributed by atoms with Gasteiger partial charge >= 0.3 is 0 Å². The van der Waals surface area contributed by atoms with Crippen LogP contribution in [-0.2, 0) is 14.6 Å². The van der Waals surface area contributed by atoms with Gasteiger partial charge in [0.15, 0.2) is 9.84 Å². The van der Waals surface area contributed by atoms with Gasteiger partial charge in [0.05, 0.1) is 0 Å². The van der Waals surface area contributed by atoms with E-state index in [1.807, 2.05) is 0 Å². The number of carbonyl (C=O) groups excluding carboxylic acids is 1. The summed E-state index contributed by atoms with van der Waals surface area (Å²) in [6.07, 6.45) is 2.35. The van der Waals surface area contributed by atoms with E-state index in [2.05, 4.69) is 24.1 Å². The Morgan fingerprint density at radius 2 is 1.84 bits per heavy atom. The zero-order chi connectivity index (χ0) is 14.6. The standard InChI is InChI=1S/C13H26N2O3S/c1-10-7-11(2)9-15(8-10)6-5-14-13(16)12(3)19(4,17)18/h10-12H,5-9H2,1-4H3,(H,14,16). The summed E-state index contributed by atoms with van der Waals surface area (Å²) in [4.78, 5) is 14.0. The van der Waals surface area contributed by atoms with Gasteiger partial charge in [-0.3, -0.25) is 4.79 Å². The molecule has 1 amide bonds. The van der Waals surface area contributed by atoms with Crippen LogP contribution in [0.5, 0.6) is 0 Å².